The third-order valence-electron chi connectivity index (χ3n) is 4.19. The Morgan fingerprint density at radius 3 is 2.48 bits per heavy atom. The minimum Gasteiger partial charge on any atom is -0.497 e. The zero-order chi connectivity index (χ0) is 19.8. The van der Waals surface area contributed by atoms with Gasteiger partial charge in [-0.3, -0.25) is 4.79 Å². The van der Waals surface area contributed by atoms with Gasteiger partial charge in [0.1, 0.15) is 11.5 Å². The summed E-state index contributed by atoms with van der Waals surface area (Å²) in [4.78, 5) is 16.9. The molecule has 0 atom stereocenters. The van der Waals surface area contributed by atoms with Crippen LogP contribution in [0.4, 0.5) is 0 Å². The fraction of sp³-hybridized carbons (Fsp3) is 0.263. The van der Waals surface area contributed by atoms with Crippen LogP contribution in [-0.2, 0) is 21.7 Å². The number of methoxy groups -OCH3 is 1. The molecule has 1 amide bonds. The molecule has 1 heterocycles. The van der Waals surface area contributed by atoms with Gasteiger partial charge < -0.3 is 9.30 Å². The largest absolute Gasteiger partial charge is 0.497 e. The molecule has 0 unspecified atom stereocenters. The van der Waals surface area contributed by atoms with Crippen molar-refractivity contribution in [3.8, 4) is 5.75 Å². The van der Waals surface area contributed by atoms with Gasteiger partial charge in [0.25, 0.3) is 5.91 Å². The molecule has 3 rings (SSSR count). The smallest absolute Gasteiger partial charge is 0.263 e. The summed E-state index contributed by atoms with van der Waals surface area (Å²) in [6.07, 6.45) is 0. The Labute approximate surface area is 161 Å². The van der Waals surface area contributed by atoms with E-state index >= 15 is 0 Å². The van der Waals surface area contributed by atoms with Crippen molar-refractivity contribution in [3.63, 3.8) is 0 Å². The second kappa shape index (κ2) is 7.28. The summed E-state index contributed by atoms with van der Waals surface area (Å²) >= 11 is 1.37. The summed E-state index contributed by atoms with van der Waals surface area (Å²) in [5, 5.41) is 0. The molecule has 27 heavy (non-hydrogen) atoms. The molecule has 0 radical (unpaired) electrons. The first kappa shape index (κ1) is 19.3. The molecular weight excluding hydrogens is 384 g/mol. The molecule has 0 fully saturated rings. The van der Waals surface area contributed by atoms with Crippen LogP contribution in [0.1, 0.15) is 11.1 Å². The maximum absolute atomic E-state index is 12.5. The number of fused-ring (bicyclic) bond motifs is 1. The molecule has 3 aromatic rings. The van der Waals surface area contributed by atoms with Gasteiger partial charge in [-0.1, -0.05) is 17.4 Å². The number of sulfone groups is 1. The summed E-state index contributed by atoms with van der Waals surface area (Å²) in [7, 11) is -0.441. The highest BCUT2D eigenvalue weighted by Gasteiger charge is 2.19. The van der Waals surface area contributed by atoms with Crippen LogP contribution in [0.2, 0.25) is 0 Å². The molecular formula is C19H20N2O4S2. The fourth-order valence-corrected chi connectivity index (χ4v) is 5.28. The lowest BCUT2D eigenvalue weighted by molar-refractivity contribution is -0.115. The van der Waals surface area contributed by atoms with Gasteiger partial charge in [-0.15, -0.1) is 0 Å². The number of aromatic nitrogens is 1. The monoisotopic (exact) mass is 404 g/mol. The molecule has 0 aliphatic rings. The van der Waals surface area contributed by atoms with E-state index in [4.69, 9.17) is 4.74 Å². The summed E-state index contributed by atoms with van der Waals surface area (Å²) in [6.45, 7) is 4.01. The molecule has 1 aromatic heterocycles. The van der Waals surface area contributed by atoms with Crippen molar-refractivity contribution in [2.75, 3.05) is 12.9 Å². The van der Waals surface area contributed by atoms with Gasteiger partial charge in [-0.2, -0.15) is 4.99 Å². The van der Waals surface area contributed by atoms with Crippen LogP contribution in [0.3, 0.4) is 0 Å². The number of carbonyl (C=O) groups is 1. The van der Waals surface area contributed by atoms with Crippen LogP contribution in [0.15, 0.2) is 46.3 Å². The zero-order valence-electron chi connectivity index (χ0n) is 15.5. The van der Waals surface area contributed by atoms with Crippen molar-refractivity contribution in [3.05, 3.63) is 52.3 Å². The molecule has 0 spiro atoms. The number of amides is 1. The third kappa shape index (κ3) is 3.96. The van der Waals surface area contributed by atoms with Crippen LogP contribution in [0.5, 0.6) is 5.75 Å². The van der Waals surface area contributed by atoms with E-state index in [-0.39, 0.29) is 4.90 Å². The lowest BCUT2D eigenvalue weighted by atomic mass is 10.1. The fourth-order valence-electron chi connectivity index (χ4n) is 2.96. The van der Waals surface area contributed by atoms with E-state index in [0.29, 0.717) is 10.6 Å². The number of thiazole rings is 1. The maximum Gasteiger partial charge on any atom is 0.263 e. The predicted molar refractivity (Wildman–Crippen MR) is 106 cm³/mol. The molecule has 0 N–H and O–H groups in total. The molecule has 0 saturated heterocycles. The highest BCUT2D eigenvalue weighted by atomic mass is 32.2. The number of carbonyl (C=O) groups excluding carboxylic acids is 1. The van der Waals surface area contributed by atoms with Crippen molar-refractivity contribution in [1.82, 2.24) is 4.57 Å². The second-order valence-electron chi connectivity index (χ2n) is 6.31. The molecule has 0 aliphatic heterocycles. The van der Waals surface area contributed by atoms with E-state index < -0.39 is 21.5 Å². The van der Waals surface area contributed by atoms with E-state index in [2.05, 4.69) is 11.1 Å². The van der Waals surface area contributed by atoms with Crippen LogP contribution < -0.4 is 9.54 Å². The van der Waals surface area contributed by atoms with E-state index in [1.165, 1.54) is 30.6 Å². The molecule has 8 heteroatoms. The number of rotatable bonds is 4. The van der Waals surface area contributed by atoms with Gasteiger partial charge in [0.05, 0.1) is 22.2 Å². The van der Waals surface area contributed by atoms with Gasteiger partial charge in [0, 0.05) is 7.05 Å². The van der Waals surface area contributed by atoms with Crippen molar-refractivity contribution >= 4 is 37.3 Å². The number of ether oxygens (including phenoxy) is 1. The zero-order valence-corrected chi connectivity index (χ0v) is 17.1. The van der Waals surface area contributed by atoms with Gasteiger partial charge in [0.15, 0.2) is 14.6 Å². The SMILES string of the molecule is COc1ccc(S(=O)(=O)CC(=O)N=c2sc3cc(C)cc(C)c3n2C)cc1. The van der Waals surface area contributed by atoms with Gasteiger partial charge >= 0.3 is 0 Å². The van der Waals surface area contributed by atoms with E-state index in [1.807, 2.05) is 31.5 Å². The molecule has 0 aliphatic carbocycles. The first-order chi connectivity index (χ1) is 12.7. The molecule has 0 bridgehead atoms. The Morgan fingerprint density at radius 2 is 1.85 bits per heavy atom. The van der Waals surface area contributed by atoms with E-state index in [1.54, 1.807) is 12.1 Å². The molecule has 6 nitrogen and oxygen atoms in total. The van der Waals surface area contributed by atoms with Crippen molar-refractivity contribution < 1.29 is 17.9 Å². The van der Waals surface area contributed by atoms with Crippen molar-refractivity contribution in [2.45, 2.75) is 18.7 Å². The lowest BCUT2D eigenvalue weighted by Crippen LogP contribution is -2.19. The number of hydrogen-bond donors (Lipinski definition) is 0. The normalized spacial score (nSPS) is 12.5. The van der Waals surface area contributed by atoms with Gasteiger partial charge in [0.2, 0.25) is 0 Å². The first-order valence-corrected chi connectivity index (χ1v) is 10.7. The standard InChI is InChI=1S/C19H20N2O4S2/c1-12-9-13(2)18-16(10-12)26-19(21(18)3)20-17(22)11-27(23,24)15-7-5-14(25-4)6-8-15/h5-10H,11H2,1-4H3. The van der Waals surface area contributed by atoms with E-state index in [9.17, 15) is 13.2 Å². The Balaban J connectivity index is 1.93. The predicted octanol–water partition coefficient (Wildman–Crippen LogP) is 2.77. The Kier molecular flexibility index (Phi) is 5.21. The molecule has 142 valence electrons. The third-order valence-corrected chi connectivity index (χ3v) is 6.88. The molecule has 0 saturated carbocycles. The first-order valence-electron chi connectivity index (χ1n) is 8.22. The van der Waals surface area contributed by atoms with E-state index in [0.717, 1.165) is 21.3 Å². The Bertz CT molecular complexity index is 1190. The summed E-state index contributed by atoms with van der Waals surface area (Å²) in [6, 6.07) is 10.0. The topological polar surface area (TPSA) is 77.7 Å². The number of benzene rings is 2. The van der Waals surface area contributed by atoms with Crippen molar-refractivity contribution in [2.24, 2.45) is 12.0 Å². The van der Waals surface area contributed by atoms with Crippen LogP contribution >= 0.6 is 11.3 Å². The average Bonchev–Trinajstić information content (AvgIpc) is 2.89. The highest BCUT2D eigenvalue weighted by Crippen LogP contribution is 2.22. The van der Waals surface area contributed by atoms with Crippen LogP contribution in [0.25, 0.3) is 10.2 Å². The summed E-state index contributed by atoms with van der Waals surface area (Å²) < 4.78 is 32.8. The van der Waals surface area contributed by atoms with Gasteiger partial charge in [-0.25, -0.2) is 8.42 Å². The Morgan fingerprint density at radius 1 is 1.19 bits per heavy atom. The number of nitrogens with zero attached hydrogens (tertiary/aromatic N) is 2. The van der Waals surface area contributed by atoms with Crippen LogP contribution in [-0.4, -0.2) is 31.8 Å². The summed E-state index contributed by atoms with van der Waals surface area (Å²) in [5.74, 6) is -0.818. The highest BCUT2D eigenvalue weighted by molar-refractivity contribution is 7.92. The lowest BCUT2D eigenvalue weighted by Gasteiger charge is -2.04. The molecule has 2 aromatic carbocycles. The van der Waals surface area contributed by atoms with Gasteiger partial charge in [-0.05, 0) is 55.3 Å². The number of aryl methyl sites for hydroxylation is 3. The van der Waals surface area contributed by atoms with Crippen LogP contribution in [0, 0.1) is 13.8 Å². The van der Waals surface area contributed by atoms with Crippen molar-refractivity contribution in [1.29, 1.82) is 0 Å². The maximum atomic E-state index is 12.5. The second-order valence-corrected chi connectivity index (χ2v) is 9.31. The average molecular weight is 405 g/mol. The quantitative estimate of drug-likeness (QED) is 0.670. The summed E-state index contributed by atoms with van der Waals surface area (Å²) in [5.41, 5.74) is 3.21. The minimum atomic E-state index is -3.77. The Hall–Kier alpha value is -2.45. The minimum absolute atomic E-state index is 0.0686. The number of hydrogen-bond acceptors (Lipinski definition) is 5.